The molecule has 2 N–H and O–H groups in total. The van der Waals surface area contributed by atoms with Crippen molar-refractivity contribution in [1.29, 1.82) is 0 Å². The average molecular weight is 303 g/mol. The lowest BCUT2D eigenvalue weighted by molar-refractivity contribution is -0.138. The van der Waals surface area contributed by atoms with Crippen LogP contribution in [0.4, 0.5) is 0 Å². The molecule has 0 aliphatic heterocycles. The molecule has 0 radical (unpaired) electrons. The Hall–Kier alpha value is -2.14. The van der Waals surface area contributed by atoms with Crippen LogP contribution in [-0.2, 0) is 16.0 Å². The number of rotatable bonds is 6. The lowest BCUT2D eigenvalue weighted by Crippen LogP contribution is -2.32. The highest BCUT2D eigenvalue weighted by Gasteiger charge is 2.20. The first-order valence-corrected chi connectivity index (χ1v) is 7.47. The number of carbonyl (C=O) groups excluding carboxylic acids is 1. The van der Waals surface area contributed by atoms with E-state index in [1.165, 1.54) is 0 Å². The van der Waals surface area contributed by atoms with E-state index in [1.54, 1.807) is 35.6 Å². The second kappa shape index (κ2) is 7.04. The molecule has 5 heteroatoms. The number of benzene rings is 1. The number of aryl methyl sites for hydroxylation is 1. The highest BCUT2D eigenvalue weighted by Crippen LogP contribution is 2.17. The summed E-state index contributed by atoms with van der Waals surface area (Å²) < 4.78 is 0. The molecule has 0 saturated heterocycles. The van der Waals surface area contributed by atoms with Gasteiger partial charge in [0.15, 0.2) is 0 Å². The zero-order chi connectivity index (χ0) is 15.2. The number of nitrogens with one attached hydrogen (secondary N) is 1. The van der Waals surface area contributed by atoms with E-state index < -0.39 is 11.9 Å². The largest absolute Gasteiger partial charge is 0.481 e. The first kappa shape index (κ1) is 15.3. The molecule has 1 unspecified atom stereocenters. The van der Waals surface area contributed by atoms with Crippen molar-refractivity contribution < 1.29 is 14.7 Å². The Morgan fingerprint density at radius 3 is 2.48 bits per heavy atom. The summed E-state index contributed by atoms with van der Waals surface area (Å²) in [4.78, 5) is 25.3. The molecule has 0 aliphatic carbocycles. The molecule has 4 nitrogen and oxygen atoms in total. The van der Waals surface area contributed by atoms with E-state index in [2.05, 4.69) is 5.32 Å². The summed E-state index contributed by atoms with van der Waals surface area (Å²) in [6, 6.07) is 12.8. The zero-order valence-electron chi connectivity index (χ0n) is 11.7. The second-order valence-electron chi connectivity index (χ2n) is 4.79. The van der Waals surface area contributed by atoms with E-state index in [9.17, 15) is 14.7 Å². The van der Waals surface area contributed by atoms with Crippen molar-refractivity contribution in [2.24, 2.45) is 0 Å². The van der Waals surface area contributed by atoms with Crippen LogP contribution in [0, 0.1) is 6.92 Å². The third-order valence-electron chi connectivity index (χ3n) is 3.13. The van der Waals surface area contributed by atoms with Crippen LogP contribution in [0.3, 0.4) is 0 Å². The van der Waals surface area contributed by atoms with Gasteiger partial charge < -0.3 is 10.4 Å². The van der Waals surface area contributed by atoms with Gasteiger partial charge in [-0.1, -0.05) is 30.3 Å². The van der Waals surface area contributed by atoms with Crippen LogP contribution >= 0.6 is 11.3 Å². The Labute approximate surface area is 127 Å². The smallest absolute Gasteiger partial charge is 0.312 e. The minimum Gasteiger partial charge on any atom is -0.481 e. The highest BCUT2D eigenvalue weighted by atomic mass is 32.1. The van der Waals surface area contributed by atoms with Gasteiger partial charge in [0.05, 0.1) is 12.3 Å². The summed E-state index contributed by atoms with van der Waals surface area (Å²) >= 11 is 1.58. The fraction of sp³-hybridized carbons (Fsp3) is 0.250. The standard InChI is InChI=1S/C16H17NO3S/c1-11-7-8-13(21-11)9-15(18)17-10-14(16(19)20)12-5-3-2-4-6-12/h2-8,14H,9-10H2,1H3,(H,17,18)(H,19,20). The molecule has 1 aromatic carbocycles. The number of hydrogen-bond acceptors (Lipinski definition) is 3. The van der Waals surface area contributed by atoms with Crippen LogP contribution in [0.5, 0.6) is 0 Å². The molecular formula is C16H17NO3S. The predicted octanol–water partition coefficient (Wildman–Crippen LogP) is 2.58. The van der Waals surface area contributed by atoms with E-state index in [-0.39, 0.29) is 12.5 Å². The van der Waals surface area contributed by atoms with Gasteiger partial charge in [0, 0.05) is 16.3 Å². The third-order valence-corrected chi connectivity index (χ3v) is 4.13. The third kappa shape index (κ3) is 4.43. The molecule has 1 aromatic heterocycles. The number of carboxylic acids is 1. The van der Waals surface area contributed by atoms with Crippen molar-refractivity contribution in [2.45, 2.75) is 19.3 Å². The number of carbonyl (C=O) groups is 2. The van der Waals surface area contributed by atoms with Gasteiger partial charge >= 0.3 is 5.97 Å². The van der Waals surface area contributed by atoms with Crippen LogP contribution in [0.1, 0.15) is 21.2 Å². The predicted molar refractivity (Wildman–Crippen MR) is 82.6 cm³/mol. The first-order chi connectivity index (χ1) is 10.1. The minimum atomic E-state index is -0.937. The van der Waals surface area contributed by atoms with E-state index in [0.29, 0.717) is 12.0 Å². The van der Waals surface area contributed by atoms with Gasteiger partial charge in [0.25, 0.3) is 0 Å². The molecule has 2 aromatic rings. The molecule has 0 bridgehead atoms. The number of amides is 1. The van der Waals surface area contributed by atoms with E-state index >= 15 is 0 Å². The van der Waals surface area contributed by atoms with Gasteiger partial charge in [-0.2, -0.15) is 0 Å². The Balaban J connectivity index is 1.93. The van der Waals surface area contributed by atoms with Gasteiger partial charge in [-0.3, -0.25) is 9.59 Å². The van der Waals surface area contributed by atoms with Gasteiger partial charge in [0.2, 0.25) is 5.91 Å². The van der Waals surface area contributed by atoms with Crippen molar-refractivity contribution in [3.8, 4) is 0 Å². The Morgan fingerprint density at radius 2 is 1.90 bits per heavy atom. The maximum Gasteiger partial charge on any atom is 0.312 e. The summed E-state index contributed by atoms with van der Waals surface area (Å²) in [5.74, 6) is -1.81. The van der Waals surface area contributed by atoms with Crippen molar-refractivity contribution in [3.63, 3.8) is 0 Å². The lowest BCUT2D eigenvalue weighted by Gasteiger charge is -2.13. The Morgan fingerprint density at radius 1 is 1.19 bits per heavy atom. The molecule has 0 saturated carbocycles. The summed E-state index contributed by atoms with van der Waals surface area (Å²) in [7, 11) is 0. The molecular weight excluding hydrogens is 286 g/mol. The summed E-state index contributed by atoms with van der Waals surface area (Å²) in [5, 5.41) is 12.0. The Bertz CT molecular complexity index is 621. The zero-order valence-corrected chi connectivity index (χ0v) is 12.5. The van der Waals surface area contributed by atoms with Gasteiger partial charge in [-0.25, -0.2) is 0 Å². The molecule has 2 rings (SSSR count). The summed E-state index contributed by atoms with van der Waals surface area (Å²) in [5.41, 5.74) is 0.692. The van der Waals surface area contributed by atoms with Crippen LogP contribution in [-0.4, -0.2) is 23.5 Å². The second-order valence-corrected chi connectivity index (χ2v) is 6.17. The van der Waals surface area contributed by atoms with E-state index in [4.69, 9.17) is 0 Å². The molecule has 1 amide bonds. The van der Waals surface area contributed by atoms with E-state index in [0.717, 1.165) is 9.75 Å². The van der Waals surface area contributed by atoms with Crippen LogP contribution in [0.2, 0.25) is 0 Å². The number of thiophene rings is 1. The molecule has 0 spiro atoms. The fourth-order valence-corrected chi connectivity index (χ4v) is 2.94. The number of hydrogen-bond donors (Lipinski definition) is 2. The van der Waals surface area contributed by atoms with Crippen molar-refractivity contribution in [2.75, 3.05) is 6.54 Å². The SMILES string of the molecule is Cc1ccc(CC(=O)NCC(C(=O)O)c2ccccc2)s1. The summed E-state index contributed by atoms with van der Waals surface area (Å²) in [6.45, 7) is 2.09. The molecule has 0 aliphatic rings. The van der Waals surface area contributed by atoms with Crippen molar-refractivity contribution >= 4 is 23.2 Å². The minimum absolute atomic E-state index is 0.0997. The topological polar surface area (TPSA) is 66.4 Å². The van der Waals surface area contributed by atoms with Crippen LogP contribution in [0.25, 0.3) is 0 Å². The van der Waals surface area contributed by atoms with Gasteiger partial charge in [-0.05, 0) is 24.6 Å². The number of carboxylic acid groups (broad SMARTS) is 1. The number of aliphatic carboxylic acids is 1. The lowest BCUT2D eigenvalue weighted by atomic mass is 9.99. The molecule has 21 heavy (non-hydrogen) atoms. The monoisotopic (exact) mass is 303 g/mol. The van der Waals surface area contributed by atoms with Crippen molar-refractivity contribution in [3.05, 3.63) is 57.8 Å². The first-order valence-electron chi connectivity index (χ1n) is 6.66. The highest BCUT2D eigenvalue weighted by molar-refractivity contribution is 7.12. The molecule has 1 atom stereocenters. The van der Waals surface area contributed by atoms with Gasteiger partial charge in [-0.15, -0.1) is 11.3 Å². The van der Waals surface area contributed by atoms with Crippen LogP contribution in [0.15, 0.2) is 42.5 Å². The molecule has 110 valence electrons. The van der Waals surface area contributed by atoms with Gasteiger partial charge in [0.1, 0.15) is 0 Å². The molecule has 1 heterocycles. The maximum atomic E-state index is 11.9. The molecule has 0 fully saturated rings. The quantitative estimate of drug-likeness (QED) is 0.862. The summed E-state index contributed by atoms with van der Waals surface area (Å²) in [6.07, 6.45) is 0.291. The average Bonchev–Trinajstić information content (AvgIpc) is 2.85. The fourth-order valence-electron chi connectivity index (χ4n) is 2.05. The van der Waals surface area contributed by atoms with Crippen molar-refractivity contribution in [1.82, 2.24) is 5.32 Å². The van der Waals surface area contributed by atoms with E-state index in [1.807, 2.05) is 25.1 Å². The normalized spacial score (nSPS) is 11.9. The Kier molecular flexibility index (Phi) is 5.11. The van der Waals surface area contributed by atoms with Crippen LogP contribution < -0.4 is 5.32 Å². The maximum absolute atomic E-state index is 11.9.